The first-order chi connectivity index (χ1) is 23.4. The molecule has 8 nitrogen and oxygen atoms in total. The van der Waals surface area contributed by atoms with Gasteiger partial charge < -0.3 is 29.6 Å². The second kappa shape index (κ2) is 14.8. The van der Waals surface area contributed by atoms with Crippen molar-refractivity contribution in [3.63, 3.8) is 0 Å². The maximum absolute atomic E-state index is 14.0. The van der Waals surface area contributed by atoms with Crippen LogP contribution in [0.1, 0.15) is 49.8 Å². The van der Waals surface area contributed by atoms with E-state index in [1.165, 1.54) is 6.20 Å². The Morgan fingerprint density at radius 1 is 0.833 bits per heavy atom. The fourth-order valence-electron chi connectivity index (χ4n) is 5.86. The largest absolute Gasteiger partial charge is 0.493 e. The lowest BCUT2D eigenvalue weighted by Gasteiger charge is -2.36. The molecule has 244 valence electrons. The van der Waals surface area contributed by atoms with Crippen LogP contribution in [0.5, 0.6) is 23.0 Å². The number of anilines is 1. The smallest absolute Gasteiger partial charge is 0.256 e. The molecular weight excluding hydrogens is 602 g/mol. The molecule has 1 unspecified atom stereocenters. The molecule has 0 spiro atoms. The van der Waals surface area contributed by atoms with Crippen LogP contribution in [0, 0.1) is 6.92 Å². The number of nitrogens with zero attached hydrogens (tertiary/aromatic N) is 2. The minimum atomic E-state index is -0.397. The van der Waals surface area contributed by atoms with Gasteiger partial charge in [0.2, 0.25) is 0 Å². The van der Waals surface area contributed by atoms with Gasteiger partial charge in [-0.25, -0.2) is 4.98 Å². The number of ether oxygens (including phenoxy) is 4. The molecule has 1 atom stereocenters. The molecule has 4 aromatic carbocycles. The van der Waals surface area contributed by atoms with E-state index in [1.807, 2.05) is 103 Å². The predicted molar refractivity (Wildman–Crippen MR) is 187 cm³/mol. The lowest BCUT2D eigenvalue weighted by Crippen LogP contribution is -2.39. The standard InChI is InChI=1S/C40H39N3O5/c1-27-20-35(45-2)37(47-25-28-10-6-4-7-11-28)21-30(27)14-16-34-33-23-36(46-3)38(48-26-29-12-8-5-9-13-29)22-31(33)18-19-43(34)40(44)32-15-17-39(41)42-24-32/h4-17,20-24,34H,18-19,25-26H2,1-3H3,(H2,41,42). The number of benzene rings is 4. The number of aryl methyl sites for hydroxylation is 1. The third kappa shape index (κ3) is 7.28. The number of carbonyl (C=O) groups is 1. The molecule has 2 heterocycles. The van der Waals surface area contributed by atoms with Crippen molar-refractivity contribution in [3.05, 3.63) is 148 Å². The first-order valence-electron chi connectivity index (χ1n) is 15.9. The number of pyridine rings is 1. The zero-order valence-electron chi connectivity index (χ0n) is 27.4. The van der Waals surface area contributed by atoms with Gasteiger partial charge in [-0.3, -0.25) is 4.79 Å². The third-order valence-electron chi connectivity index (χ3n) is 8.48. The quantitative estimate of drug-likeness (QED) is 0.159. The number of amides is 1. The van der Waals surface area contributed by atoms with E-state index >= 15 is 0 Å². The Hall–Kier alpha value is -5.76. The number of carbonyl (C=O) groups excluding carboxylic acids is 1. The Morgan fingerprint density at radius 3 is 2.06 bits per heavy atom. The topological polar surface area (TPSA) is 96.1 Å². The van der Waals surface area contributed by atoms with Crippen LogP contribution in [0.25, 0.3) is 6.08 Å². The van der Waals surface area contributed by atoms with Crippen molar-refractivity contribution in [3.8, 4) is 23.0 Å². The highest BCUT2D eigenvalue weighted by Crippen LogP contribution is 2.40. The Labute approximate surface area is 281 Å². The third-order valence-corrected chi connectivity index (χ3v) is 8.48. The summed E-state index contributed by atoms with van der Waals surface area (Å²) >= 11 is 0. The van der Waals surface area contributed by atoms with Crippen LogP contribution in [0.3, 0.4) is 0 Å². The molecule has 5 aromatic rings. The second-order valence-electron chi connectivity index (χ2n) is 11.6. The summed E-state index contributed by atoms with van der Waals surface area (Å²) in [6, 6.07) is 31.0. The van der Waals surface area contributed by atoms with Gasteiger partial charge in [-0.2, -0.15) is 0 Å². The predicted octanol–water partition coefficient (Wildman–Crippen LogP) is 7.60. The summed E-state index contributed by atoms with van der Waals surface area (Å²) in [5, 5.41) is 0. The summed E-state index contributed by atoms with van der Waals surface area (Å²) in [6.45, 7) is 3.36. The van der Waals surface area contributed by atoms with Crippen molar-refractivity contribution in [2.75, 3.05) is 26.5 Å². The molecule has 0 saturated heterocycles. The number of nitrogen functional groups attached to an aromatic ring is 1. The molecule has 48 heavy (non-hydrogen) atoms. The molecule has 8 heteroatoms. The van der Waals surface area contributed by atoms with Crippen molar-refractivity contribution in [1.29, 1.82) is 0 Å². The van der Waals surface area contributed by atoms with E-state index in [0.29, 0.717) is 60.6 Å². The van der Waals surface area contributed by atoms with Crippen LogP contribution in [0.4, 0.5) is 5.82 Å². The number of nitrogens with two attached hydrogens (primary N) is 1. The monoisotopic (exact) mass is 641 g/mol. The SMILES string of the molecule is COc1cc(C)c(C=CC2c3cc(OC)c(OCc4ccccc4)cc3CCN2C(=O)c2ccc(N)nc2)cc1OCc1ccccc1. The number of methoxy groups -OCH3 is 2. The summed E-state index contributed by atoms with van der Waals surface area (Å²) in [5.41, 5.74) is 12.4. The van der Waals surface area contributed by atoms with Gasteiger partial charge in [0.25, 0.3) is 5.91 Å². The van der Waals surface area contributed by atoms with E-state index in [0.717, 1.165) is 33.4 Å². The molecule has 1 amide bonds. The van der Waals surface area contributed by atoms with Crippen LogP contribution in [0.15, 0.2) is 109 Å². The van der Waals surface area contributed by atoms with E-state index in [9.17, 15) is 4.79 Å². The number of aromatic nitrogens is 1. The molecule has 1 aromatic heterocycles. The van der Waals surface area contributed by atoms with Crippen molar-refractivity contribution < 1.29 is 23.7 Å². The van der Waals surface area contributed by atoms with E-state index in [1.54, 1.807) is 26.4 Å². The fraction of sp³-hybridized carbons (Fsp3) is 0.200. The summed E-state index contributed by atoms with van der Waals surface area (Å²) in [6.07, 6.45) is 6.27. The molecule has 0 radical (unpaired) electrons. The lowest BCUT2D eigenvalue weighted by atomic mass is 9.90. The molecule has 2 N–H and O–H groups in total. The van der Waals surface area contributed by atoms with Crippen LogP contribution >= 0.6 is 0 Å². The summed E-state index contributed by atoms with van der Waals surface area (Å²) in [5.74, 6) is 2.78. The molecule has 1 aliphatic rings. The Balaban J connectivity index is 1.35. The minimum absolute atomic E-state index is 0.135. The highest BCUT2D eigenvalue weighted by Gasteiger charge is 2.31. The van der Waals surface area contributed by atoms with Crippen LogP contribution < -0.4 is 24.7 Å². The Kier molecular flexibility index (Phi) is 9.91. The van der Waals surface area contributed by atoms with Gasteiger partial charge >= 0.3 is 0 Å². The number of fused-ring (bicyclic) bond motifs is 1. The second-order valence-corrected chi connectivity index (χ2v) is 11.6. The van der Waals surface area contributed by atoms with Gasteiger partial charge in [-0.1, -0.05) is 72.8 Å². The van der Waals surface area contributed by atoms with Crippen molar-refractivity contribution in [1.82, 2.24) is 9.88 Å². The zero-order chi connectivity index (χ0) is 33.5. The van der Waals surface area contributed by atoms with Gasteiger partial charge in [0, 0.05) is 12.7 Å². The minimum Gasteiger partial charge on any atom is -0.493 e. The first kappa shape index (κ1) is 32.2. The average molecular weight is 642 g/mol. The number of rotatable bonds is 11. The number of hydrogen-bond donors (Lipinski definition) is 1. The van der Waals surface area contributed by atoms with E-state index in [-0.39, 0.29) is 5.91 Å². The zero-order valence-corrected chi connectivity index (χ0v) is 27.4. The molecule has 6 rings (SSSR count). The summed E-state index contributed by atoms with van der Waals surface area (Å²) in [4.78, 5) is 20.0. The molecule has 1 aliphatic heterocycles. The van der Waals surface area contributed by atoms with E-state index < -0.39 is 6.04 Å². The first-order valence-corrected chi connectivity index (χ1v) is 15.9. The molecule has 0 saturated carbocycles. The van der Waals surface area contributed by atoms with Crippen molar-refractivity contribution >= 4 is 17.8 Å². The Morgan fingerprint density at radius 2 is 1.46 bits per heavy atom. The maximum atomic E-state index is 14.0. The number of hydrogen-bond acceptors (Lipinski definition) is 7. The van der Waals surface area contributed by atoms with Gasteiger partial charge in [0.15, 0.2) is 23.0 Å². The van der Waals surface area contributed by atoms with Crippen molar-refractivity contribution in [2.45, 2.75) is 32.6 Å². The van der Waals surface area contributed by atoms with Crippen LogP contribution in [-0.4, -0.2) is 36.6 Å². The Bertz CT molecular complexity index is 1890. The average Bonchev–Trinajstić information content (AvgIpc) is 3.13. The summed E-state index contributed by atoms with van der Waals surface area (Å²) in [7, 11) is 3.27. The fourth-order valence-corrected chi connectivity index (χ4v) is 5.86. The highest BCUT2D eigenvalue weighted by molar-refractivity contribution is 5.95. The van der Waals surface area contributed by atoms with Crippen molar-refractivity contribution in [2.24, 2.45) is 0 Å². The van der Waals surface area contributed by atoms with Crippen LogP contribution in [-0.2, 0) is 19.6 Å². The molecule has 0 fully saturated rings. The molecule has 0 aliphatic carbocycles. The van der Waals surface area contributed by atoms with Gasteiger partial charge in [-0.05, 0) is 83.1 Å². The van der Waals surface area contributed by atoms with E-state index in [2.05, 4.69) is 11.1 Å². The van der Waals surface area contributed by atoms with Gasteiger partial charge in [0.1, 0.15) is 19.0 Å². The molecular formula is C40H39N3O5. The summed E-state index contributed by atoms with van der Waals surface area (Å²) < 4.78 is 23.9. The normalized spacial score (nSPS) is 14.0. The maximum Gasteiger partial charge on any atom is 0.256 e. The van der Waals surface area contributed by atoms with Crippen LogP contribution in [0.2, 0.25) is 0 Å². The van der Waals surface area contributed by atoms with E-state index in [4.69, 9.17) is 24.7 Å². The van der Waals surface area contributed by atoms with Gasteiger partial charge in [-0.15, -0.1) is 0 Å². The molecule has 0 bridgehead atoms. The lowest BCUT2D eigenvalue weighted by molar-refractivity contribution is 0.0700. The van der Waals surface area contributed by atoms with Gasteiger partial charge in [0.05, 0.1) is 25.8 Å². The highest BCUT2D eigenvalue weighted by atomic mass is 16.5.